The van der Waals surface area contributed by atoms with E-state index in [0.29, 0.717) is 12.0 Å². The Bertz CT molecular complexity index is 404. The van der Waals surface area contributed by atoms with Crippen LogP contribution in [-0.4, -0.2) is 24.0 Å². The summed E-state index contributed by atoms with van der Waals surface area (Å²) >= 11 is 0. The van der Waals surface area contributed by atoms with E-state index < -0.39 is 0 Å². The predicted molar refractivity (Wildman–Crippen MR) is 77.4 cm³/mol. The molecule has 1 heterocycles. The summed E-state index contributed by atoms with van der Waals surface area (Å²) < 4.78 is 0. The fourth-order valence-electron chi connectivity index (χ4n) is 2.55. The molecule has 1 aromatic carbocycles. The maximum absolute atomic E-state index is 3.48. The lowest BCUT2D eigenvalue weighted by atomic mass is 9.99. The maximum atomic E-state index is 3.48. The van der Waals surface area contributed by atoms with Crippen LogP contribution in [0.5, 0.6) is 0 Å². The van der Waals surface area contributed by atoms with Crippen LogP contribution in [0.2, 0.25) is 0 Å². The second kappa shape index (κ2) is 6.61. The minimum atomic E-state index is 0.408. The minimum Gasteiger partial charge on any atom is -0.290 e. The number of benzene rings is 1. The third-order valence-electron chi connectivity index (χ3n) is 3.55. The van der Waals surface area contributed by atoms with Gasteiger partial charge in [-0.25, -0.2) is 0 Å². The molecule has 0 bridgehead atoms. The molecule has 1 atom stereocenters. The average molecular weight is 241 g/mol. The molecule has 0 saturated carbocycles. The molecule has 1 aromatic rings. The highest BCUT2D eigenvalue weighted by Gasteiger charge is 2.21. The van der Waals surface area contributed by atoms with Gasteiger partial charge in [0.25, 0.3) is 0 Å². The first-order chi connectivity index (χ1) is 8.77. The number of likely N-dealkylation sites (tertiary alicyclic amines) is 1. The molecular weight excluding hydrogens is 218 g/mol. The van der Waals surface area contributed by atoms with Crippen molar-refractivity contribution in [1.29, 1.82) is 0 Å². The van der Waals surface area contributed by atoms with Gasteiger partial charge in [-0.15, -0.1) is 0 Å². The molecule has 0 amide bonds. The standard InChI is InChI=1S/C17H23N/c1-15(2)17(18-13-7-4-8-14-18)12-11-16-9-5-3-6-10-16/h3,5-6,9-10,15,17H,4,7-8,13-14H2,1-2H3/t17-/m0/s1. The fourth-order valence-corrected chi connectivity index (χ4v) is 2.55. The molecule has 0 radical (unpaired) electrons. The van der Waals surface area contributed by atoms with Gasteiger partial charge in [-0.1, -0.05) is 50.3 Å². The van der Waals surface area contributed by atoms with Crippen LogP contribution < -0.4 is 0 Å². The molecule has 1 nitrogen and oxygen atoms in total. The molecule has 1 aliphatic heterocycles. The van der Waals surface area contributed by atoms with Crippen LogP contribution in [0, 0.1) is 17.8 Å². The van der Waals surface area contributed by atoms with Gasteiger partial charge in [-0.3, -0.25) is 4.90 Å². The monoisotopic (exact) mass is 241 g/mol. The van der Waals surface area contributed by atoms with Crippen molar-refractivity contribution in [3.05, 3.63) is 35.9 Å². The third kappa shape index (κ3) is 3.62. The van der Waals surface area contributed by atoms with Gasteiger partial charge in [-0.2, -0.15) is 0 Å². The van der Waals surface area contributed by atoms with E-state index in [1.165, 1.54) is 32.4 Å². The van der Waals surface area contributed by atoms with Crippen molar-refractivity contribution in [2.45, 2.75) is 39.2 Å². The smallest absolute Gasteiger partial charge is 0.0741 e. The first-order valence-electron chi connectivity index (χ1n) is 7.08. The van der Waals surface area contributed by atoms with Crippen LogP contribution in [-0.2, 0) is 0 Å². The van der Waals surface area contributed by atoms with Crippen molar-refractivity contribution in [3.8, 4) is 11.8 Å². The quantitative estimate of drug-likeness (QED) is 0.716. The zero-order valence-corrected chi connectivity index (χ0v) is 11.5. The van der Waals surface area contributed by atoms with Crippen LogP contribution in [0.3, 0.4) is 0 Å². The van der Waals surface area contributed by atoms with Gasteiger partial charge in [0, 0.05) is 5.56 Å². The van der Waals surface area contributed by atoms with Crippen LogP contribution in [0.25, 0.3) is 0 Å². The summed E-state index contributed by atoms with van der Waals surface area (Å²) in [6.07, 6.45) is 4.04. The number of hydrogen-bond acceptors (Lipinski definition) is 1. The number of rotatable bonds is 2. The fraction of sp³-hybridized carbons (Fsp3) is 0.529. The van der Waals surface area contributed by atoms with E-state index in [0.717, 1.165) is 5.56 Å². The summed E-state index contributed by atoms with van der Waals surface area (Å²) in [5.41, 5.74) is 1.13. The normalized spacial score (nSPS) is 18.2. The van der Waals surface area contributed by atoms with E-state index in [2.05, 4.69) is 54.9 Å². The highest BCUT2D eigenvalue weighted by atomic mass is 15.2. The summed E-state index contributed by atoms with van der Waals surface area (Å²) in [5.74, 6) is 7.41. The van der Waals surface area contributed by atoms with Crippen LogP contribution in [0.15, 0.2) is 30.3 Å². The molecule has 0 unspecified atom stereocenters. The molecule has 0 aliphatic carbocycles. The van der Waals surface area contributed by atoms with Crippen molar-refractivity contribution in [3.63, 3.8) is 0 Å². The van der Waals surface area contributed by atoms with E-state index in [-0.39, 0.29) is 0 Å². The molecule has 0 aromatic heterocycles. The Morgan fingerprint density at radius 3 is 2.28 bits per heavy atom. The topological polar surface area (TPSA) is 3.24 Å². The van der Waals surface area contributed by atoms with Gasteiger partial charge in [0.05, 0.1) is 6.04 Å². The van der Waals surface area contributed by atoms with E-state index in [4.69, 9.17) is 0 Å². The van der Waals surface area contributed by atoms with E-state index in [9.17, 15) is 0 Å². The number of piperidine rings is 1. The second-order valence-corrected chi connectivity index (χ2v) is 5.42. The highest BCUT2D eigenvalue weighted by molar-refractivity contribution is 5.35. The molecule has 2 rings (SSSR count). The van der Waals surface area contributed by atoms with Crippen molar-refractivity contribution < 1.29 is 0 Å². The van der Waals surface area contributed by atoms with Gasteiger partial charge in [0.1, 0.15) is 0 Å². The summed E-state index contributed by atoms with van der Waals surface area (Å²) in [5, 5.41) is 0. The number of hydrogen-bond donors (Lipinski definition) is 0. The SMILES string of the molecule is CC(C)[C@H](C#Cc1ccccc1)N1CCCCC1. The van der Waals surface area contributed by atoms with Gasteiger partial charge in [-0.05, 0) is 44.0 Å². The molecule has 1 fully saturated rings. The van der Waals surface area contributed by atoms with Crippen molar-refractivity contribution in [2.75, 3.05) is 13.1 Å². The Hall–Kier alpha value is -1.26. The predicted octanol–water partition coefficient (Wildman–Crippen LogP) is 3.55. The number of nitrogens with zero attached hydrogens (tertiary/aromatic N) is 1. The molecule has 1 heteroatoms. The van der Waals surface area contributed by atoms with Gasteiger partial charge in [0.15, 0.2) is 0 Å². The van der Waals surface area contributed by atoms with E-state index in [1.54, 1.807) is 0 Å². The van der Waals surface area contributed by atoms with E-state index in [1.807, 2.05) is 6.07 Å². The molecule has 0 spiro atoms. The summed E-state index contributed by atoms with van der Waals surface area (Å²) in [4.78, 5) is 2.56. The van der Waals surface area contributed by atoms with Crippen LogP contribution in [0.1, 0.15) is 38.7 Å². The molecule has 1 saturated heterocycles. The lowest BCUT2D eigenvalue weighted by Crippen LogP contribution is -2.41. The minimum absolute atomic E-state index is 0.408. The Kier molecular flexibility index (Phi) is 4.84. The zero-order valence-electron chi connectivity index (χ0n) is 11.5. The third-order valence-corrected chi connectivity index (χ3v) is 3.55. The van der Waals surface area contributed by atoms with Gasteiger partial charge in [0.2, 0.25) is 0 Å². The van der Waals surface area contributed by atoms with Crippen molar-refractivity contribution >= 4 is 0 Å². The summed E-state index contributed by atoms with van der Waals surface area (Å²) in [6, 6.07) is 10.7. The second-order valence-electron chi connectivity index (χ2n) is 5.42. The van der Waals surface area contributed by atoms with Gasteiger partial charge >= 0.3 is 0 Å². The first kappa shape index (κ1) is 13.2. The Morgan fingerprint density at radius 1 is 1.00 bits per heavy atom. The molecule has 18 heavy (non-hydrogen) atoms. The lowest BCUT2D eigenvalue weighted by Gasteiger charge is -2.33. The highest BCUT2D eigenvalue weighted by Crippen LogP contribution is 2.17. The molecular formula is C17H23N. The Morgan fingerprint density at radius 2 is 1.67 bits per heavy atom. The zero-order chi connectivity index (χ0) is 12.8. The first-order valence-corrected chi connectivity index (χ1v) is 7.08. The largest absolute Gasteiger partial charge is 0.290 e. The Labute approximate surface area is 111 Å². The average Bonchev–Trinajstić information content (AvgIpc) is 2.41. The summed E-state index contributed by atoms with van der Waals surface area (Å²) in [6.45, 7) is 6.98. The molecule has 1 aliphatic rings. The van der Waals surface area contributed by atoms with Crippen molar-refractivity contribution in [2.24, 2.45) is 5.92 Å². The lowest BCUT2D eigenvalue weighted by molar-refractivity contribution is 0.165. The maximum Gasteiger partial charge on any atom is 0.0741 e. The molecule has 0 N–H and O–H groups in total. The Balaban J connectivity index is 2.09. The van der Waals surface area contributed by atoms with Crippen LogP contribution >= 0.6 is 0 Å². The summed E-state index contributed by atoms with van der Waals surface area (Å²) in [7, 11) is 0. The van der Waals surface area contributed by atoms with Crippen LogP contribution in [0.4, 0.5) is 0 Å². The van der Waals surface area contributed by atoms with Gasteiger partial charge < -0.3 is 0 Å². The van der Waals surface area contributed by atoms with E-state index >= 15 is 0 Å². The van der Waals surface area contributed by atoms with Crippen molar-refractivity contribution in [1.82, 2.24) is 4.90 Å². The molecule has 96 valence electrons.